The SMILES string of the molecule is CC(Oc1ccc(C#N)cc1F)C(=O)NCc1ccco1. The molecule has 1 unspecified atom stereocenters. The Labute approximate surface area is 120 Å². The smallest absolute Gasteiger partial charge is 0.261 e. The van der Waals surface area contributed by atoms with E-state index < -0.39 is 17.8 Å². The van der Waals surface area contributed by atoms with E-state index in [0.29, 0.717) is 5.76 Å². The van der Waals surface area contributed by atoms with Gasteiger partial charge in [-0.15, -0.1) is 0 Å². The molecule has 1 amide bonds. The molecule has 2 rings (SSSR count). The molecule has 0 bridgehead atoms. The maximum atomic E-state index is 13.6. The topological polar surface area (TPSA) is 75.3 Å². The summed E-state index contributed by atoms with van der Waals surface area (Å²) < 4.78 is 24.0. The molecule has 0 fully saturated rings. The Bertz CT molecular complexity index is 662. The fourth-order valence-corrected chi connectivity index (χ4v) is 1.64. The highest BCUT2D eigenvalue weighted by Crippen LogP contribution is 2.19. The van der Waals surface area contributed by atoms with Crippen molar-refractivity contribution in [2.45, 2.75) is 19.6 Å². The van der Waals surface area contributed by atoms with Crippen molar-refractivity contribution >= 4 is 5.91 Å². The summed E-state index contributed by atoms with van der Waals surface area (Å²) in [5, 5.41) is 11.3. The van der Waals surface area contributed by atoms with Crippen LogP contribution in [0.25, 0.3) is 0 Å². The molecule has 5 nitrogen and oxygen atoms in total. The van der Waals surface area contributed by atoms with Gasteiger partial charge in [0.2, 0.25) is 0 Å². The molecular formula is C15H13FN2O3. The lowest BCUT2D eigenvalue weighted by Crippen LogP contribution is -2.36. The number of carbonyl (C=O) groups is 1. The number of nitrogens with one attached hydrogen (secondary N) is 1. The summed E-state index contributed by atoms with van der Waals surface area (Å²) in [6.45, 7) is 1.74. The monoisotopic (exact) mass is 288 g/mol. The summed E-state index contributed by atoms with van der Waals surface area (Å²) in [5.74, 6) is -0.537. The molecule has 21 heavy (non-hydrogen) atoms. The number of nitriles is 1. The lowest BCUT2D eigenvalue weighted by atomic mass is 10.2. The average molecular weight is 288 g/mol. The number of carbonyl (C=O) groups excluding carboxylic acids is 1. The molecule has 0 saturated carbocycles. The molecule has 0 spiro atoms. The highest BCUT2D eigenvalue weighted by molar-refractivity contribution is 5.80. The van der Waals surface area contributed by atoms with Gasteiger partial charge in [-0.05, 0) is 37.3 Å². The van der Waals surface area contributed by atoms with Gasteiger partial charge in [0.25, 0.3) is 5.91 Å². The van der Waals surface area contributed by atoms with Crippen molar-refractivity contribution in [3.63, 3.8) is 0 Å². The number of rotatable bonds is 5. The number of nitrogens with zero attached hydrogens (tertiary/aromatic N) is 1. The van der Waals surface area contributed by atoms with E-state index in [4.69, 9.17) is 14.4 Å². The van der Waals surface area contributed by atoms with Crippen LogP contribution in [0.1, 0.15) is 18.2 Å². The summed E-state index contributed by atoms with van der Waals surface area (Å²) in [7, 11) is 0. The number of benzene rings is 1. The number of hydrogen-bond donors (Lipinski definition) is 1. The number of amides is 1. The van der Waals surface area contributed by atoms with Gasteiger partial charge < -0.3 is 14.5 Å². The van der Waals surface area contributed by atoms with Gasteiger partial charge in [-0.2, -0.15) is 5.26 Å². The summed E-state index contributed by atoms with van der Waals surface area (Å²) in [6.07, 6.45) is 0.635. The molecule has 1 heterocycles. The van der Waals surface area contributed by atoms with Crippen LogP contribution in [-0.2, 0) is 11.3 Å². The predicted molar refractivity (Wildman–Crippen MR) is 71.8 cm³/mol. The molecule has 1 aromatic heterocycles. The van der Waals surface area contributed by atoms with Crippen LogP contribution >= 0.6 is 0 Å². The van der Waals surface area contributed by atoms with Gasteiger partial charge in [0, 0.05) is 0 Å². The molecule has 0 aliphatic heterocycles. The zero-order valence-corrected chi connectivity index (χ0v) is 11.3. The Morgan fingerprint density at radius 1 is 1.52 bits per heavy atom. The molecule has 0 saturated heterocycles. The van der Waals surface area contributed by atoms with Crippen molar-refractivity contribution in [3.05, 3.63) is 53.7 Å². The van der Waals surface area contributed by atoms with Crippen molar-refractivity contribution in [3.8, 4) is 11.8 Å². The minimum absolute atomic E-state index is 0.0744. The molecule has 1 atom stereocenters. The summed E-state index contributed by atoms with van der Waals surface area (Å²) in [5.41, 5.74) is 0.190. The van der Waals surface area contributed by atoms with Crippen LogP contribution in [0.5, 0.6) is 5.75 Å². The van der Waals surface area contributed by atoms with Gasteiger partial charge in [0.1, 0.15) is 5.76 Å². The molecular weight excluding hydrogens is 275 g/mol. The fraction of sp³-hybridized carbons (Fsp3) is 0.200. The van der Waals surface area contributed by atoms with Crippen molar-refractivity contribution in [2.24, 2.45) is 0 Å². The van der Waals surface area contributed by atoms with Crippen LogP contribution in [-0.4, -0.2) is 12.0 Å². The molecule has 0 aliphatic rings. The van der Waals surface area contributed by atoms with Gasteiger partial charge in [-0.1, -0.05) is 0 Å². The lowest BCUT2D eigenvalue weighted by molar-refractivity contribution is -0.127. The summed E-state index contributed by atoms with van der Waals surface area (Å²) in [4.78, 5) is 11.8. The van der Waals surface area contributed by atoms with Crippen molar-refractivity contribution in [1.82, 2.24) is 5.32 Å². The Hall–Kier alpha value is -2.81. The zero-order chi connectivity index (χ0) is 15.2. The van der Waals surface area contributed by atoms with Gasteiger partial charge in [0.15, 0.2) is 17.7 Å². The van der Waals surface area contributed by atoms with Crippen LogP contribution in [0.15, 0.2) is 41.0 Å². The standard InChI is InChI=1S/C15H13FN2O3/c1-10(15(19)18-9-12-3-2-6-20-12)21-14-5-4-11(8-17)7-13(14)16/h2-7,10H,9H2,1H3,(H,18,19). The van der Waals surface area contributed by atoms with Gasteiger partial charge >= 0.3 is 0 Å². The van der Waals surface area contributed by atoms with E-state index in [1.165, 1.54) is 25.3 Å². The maximum Gasteiger partial charge on any atom is 0.261 e. The normalized spacial score (nSPS) is 11.5. The van der Waals surface area contributed by atoms with Crippen molar-refractivity contribution in [2.75, 3.05) is 0 Å². The second-order valence-electron chi connectivity index (χ2n) is 4.31. The van der Waals surface area contributed by atoms with E-state index in [2.05, 4.69) is 5.32 Å². The average Bonchev–Trinajstić information content (AvgIpc) is 3.00. The first kappa shape index (κ1) is 14.6. The third-order valence-electron chi connectivity index (χ3n) is 2.75. The predicted octanol–water partition coefficient (Wildman–Crippen LogP) is 2.37. The quantitative estimate of drug-likeness (QED) is 0.916. The molecule has 0 aliphatic carbocycles. The third kappa shape index (κ3) is 3.83. The second kappa shape index (κ2) is 6.57. The number of furan rings is 1. The first-order valence-electron chi connectivity index (χ1n) is 6.26. The van der Waals surface area contributed by atoms with Gasteiger partial charge in [-0.25, -0.2) is 4.39 Å². The van der Waals surface area contributed by atoms with Crippen LogP contribution < -0.4 is 10.1 Å². The van der Waals surface area contributed by atoms with Crippen LogP contribution in [0, 0.1) is 17.1 Å². The van der Waals surface area contributed by atoms with E-state index in [0.717, 1.165) is 6.07 Å². The molecule has 108 valence electrons. The fourth-order valence-electron chi connectivity index (χ4n) is 1.64. The number of halogens is 1. The molecule has 1 aromatic carbocycles. The van der Waals surface area contributed by atoms with Crippen LogP contribution in [0.2, 0.25) is 0 Å². The largest absolute Gasteiger partial charge is 0.478 e. The van der Waals surface area contributed by atoms with E-state index in [9.17, 15) is 9.18 Å². The van der Waals surface area contributed by atoms with E-state index in [1.54, 1.807) is 12.1 Å². The first-order chi connectivity index (χ1) is 10.1. The van der Waals surface area contributed by atoms with Crippen molar-refractivity contribution in [1.29, 1.82) is 5.26 Å². The summed E-state index contributed by atoms with van der Waals surface area (Å²) in [6, 6.07) is 9.07. The summed E-state index contributed by atoms with van der Waals surface area (Å²) >= 11 is 0. The van der Waals surface area contributed by atoms with Crippen molar-refractivity contribution < 1.29 is 18.3 Å². The highest BCUT2D eigenvalue weighted by Gasteiger charge is 2.16. The molecule has 2 aromatic rings. The molecule has 6 heteroatoms. The van der Waals surface area contributed by atoms with Crippen LogP contribution in [0.4, 0.5) is 4.39 Å². The lowest BCUT2D eigenvalue weighted by Gasteiger charge is -2.14. The van der Waals surface area contributed by atoms with E-state index in [-0.39, 0.29) is 17.9 Å². The first-order valence-corrected chi connectivity index (χ1v) is 6.26. The van der Waals surface area contributed by atoms with E-state index >= 15 is 0 Å². The Balaban J connectivity index is 1.93. The Morgan fingerprint density at radius 2 is 2.33 bits per heavy atom. The minimum atomic E-state index is -0.873. The molecule has 0 radical (unpaired) electrons. The van der Waals surface area contributed by atoms with Gasteiger partial charge in [-0.3, -0.25) is 4.79 Å². The zero-order valence-electron chi connectivity index (χ0n) is 11.3. The Kier molecular flexibility index (Phi) is 4.57. The number of ether oxygens (including phenoxy) is 1. The number of hydrogen-bond acceptors (Lipinski definition) is 4. The maximum absolute atomic E-state index is 13.6. The van der Waals surface area contributed by atoms with E-state index in [1.807, 2.05) is 6.07 Å². The Morgan fingerprint density at radius 3 is 2.95 bits per heavy atom. The molecule has 1 N–H and O–H groups in total. The highest BCUT2D eigenvalue weighted by atomic mass is 19.1. The van der Waals surface area contributed by atoms with Crippen LogP contribution in [0.3, 0.4) is 0 Å². The third-order valence-corrected chi connectivity index (χ3v) is 2.75. The van der Waals surface area contributed by atoms with Gasteiger partial charge in [0.05, 0.1) is 24.4 Å². The minimum Gasteiger partial charge on any atom is -0.478 e. The second-order valence-corrected chi connectivity index (χ2v) is 4.31.